The number of nitrogens with zero attached hydrogens (tertiary/aromatic N) is 2. The highest BCUT2D eigenvalue weighted by atomic mass is 19.1. The summed E-state index contributed by atoms with van der Waals surface area (Å²) in [5, 5.41) is 22.1. The van der Waals surface area contributed by atoms with Crippen LogP contribution in [0.1, 0.15) is 16.7 Å². The normalized spacial score (nSPS) is 10.8. The van der Waals surface area contributed by atoms with Gasteiger partial charge in [0.1, 0.15) is 0 Å². The number of aliphatic carboxylic acids is 2. The summed E-state index contributed by atoms with van der Waals surface area (Å²) in [7, 11) is 0. The number of carboxylic acid groups (broad SMARTS) is 2. The maximum Gasteiger partial charge on any atom is 0.341 e. The summed E-state index contributed by atoms with van der Waals surface area (Å²) in [5.41, 5.74) is 4.76. The van der Waals surface area contributed by atoms with Crippen LogP contribution in [0.15, 0.2) is 59.1 Å². The number of carbonyl (C=O) groups is 2. The average molecular weight is 476 g/mol. The number of rotatable bonds is 8. The topological polar surface area (TPSA) is 123 Å². The number of hydrogen-bond acceptors (Lipinski definition) is 6. The first-order chi connectivity index (χ1) is 16.7. The van der Waals surface area contributed by atoms with Gasteiger partial charge in [-0.2, -0.15) is 4.98 Å². The van der Waals surface area contributed by atoms with E-state index in [1.165, 1.54) is 12.1 Å². The standard InChI is InChI=1S/C26H21FN2O6/c1-14-10-19(16-6-4-3-5-7-16)24(15(2)18(14)12-22(30)31)26-28-25(29-35-26)17-8-9-21(20(27)11-17)34-13-23(32)33/h3-11H,12-13H2,1-2H3,(H,30,31)(H,32,33). The first-order valence-electron chi connectivity index (χ1n) is 10.6. The summed E-state index contributed by atoms with van der Waals surface area (Å²) in [6, 6.07) is 15.3. The van der Waals surface area contributed by atoms with Crippen LogP contribution in [0, 0.1) is 19.7 Å². The van der Waals surface area contributed by atoms with Gasteiger partial charge in [0.05, 0.1) is 12.0 Å². The number of aryl methyl sites for hydroxylation is 1. The van der Waals surface area contributed by atoms with E-state index in [1.807, 2.05) is 50.2 Å². The number of aromatic nitrogens is 2. The SMILES string of the molecule is Cc1cc(-c2ccccc2)c(-c2nc(-c3ccc(OCC(=O)O)c(F)c3)no2)c(C)c1CC(=O)O. The molecule has 0 bridgehead atoms. The molecule has 0 unspecified atom stereocenters. The van der Waals surface area contributed by atoms with Gasteiger partial charge in [-0.1, -0.05) is 41.6 Å². The van der Waals surface area contributed by atoms with Gasteiger partial charge < -0.3 is 19.5 Å². The molecule has 178 valence electrons. The Balaban J connectivity index is 1.80. The van der Waals surface area contributed by atoms with Crippen LogP contribution in [0.2, 0.25) is 0 Å². The summed E-state index contributed by atoms with van der Waals surface area (Å²) >= 11 is 0. The third-order valence-corrected chi connectivity index (χ3v) is 5.53. The number of hydrogen-bond donors (Lipinski definition) is 2. The van der Waals surface area contributed by atoms with E-state index in [0.29, 0.717) is 22.3 Å². The maximum absolute atomic E-state index is 14.4. The molecule has 0 fully saturated rings. The summed E-state index contributed by atoms with van der Waals surface area (Å²) in [4.78, 5) is 26.6. The molecule has 0 atom stereocenters. The van der Waals surface area contributed by atoms with E-state index in [9.17, 15) is 19.1 Å². The molecular formula is C26H21FN2O6. The lowest BCUT2D eigenvalue weighted by molar-refractivity contribution is -0.139. The van der Waals surface area contributed by atoms with Gasteiger partial charge in [-0.15, -0.1) is 0 Å². The summed E-state index contributed by atoms with van der Waals surface area (Å²) in [6.07, 6.45) is -0.163. The van der Waals surface area contributed by atoms with Crippen molar-refractivity contribution in [1.82, 2.24) is 10.1 Å². The van der Waals surface area contributed by atoms with Crippen molar-refractivity contribution in [2.24, 2.45) is 0 Å². The van der Waals surface area contributed by atoms with E-state index < -0.39 is 24.4 Å². The fourth-order valence-electron chi connectivity index (χ4n) is 3.91. The first kappa shape index (κ1) is 23.6. The minimum atomic E-state index is -1.22. The molecule has 0 aliphatic heterocycles. The fraction of sp³-hybridized carbons (Fsp3) is 0.154. The molecule has 4 aromatic rings. The van der Waals surface area contributed by atoms with Crippen LogP contribution in [-0.4, -0.2) is 38.9 Å². The number of benzene rings is 3. The van der Waals surface area contributed by atoms with Gasteiger partial charge in [0.2, 0.25) is 5.82 Å². The predicted octanol–water partition coefficient (Wildman–Crippen LogP) is 4.92. The number of ether oxygens (including phenoxy) is 1. The highest BCUT2D eigenvalue weighted by Gasteiger charge is 2.22. The lowest BCUT2D eigenvalue weighted by atomic mass is 9.88. The fourth-order valence-corrected chi connectivity index (χ4v) is 3.91. The summed E-state index contributed by atoms with van der Waals surface area (Å²) in [6.45, 7) is 3.00. The third-order valence-electron chi connectivity index (χ3n) is 5.53. The minimum absolute atomic E-state index is 0.113. The molecule has 4 rings (SSSR count). The van der Waals surface area contributed by atoms with Gasteiger partial charge in [0, 0.05) is 5.56 Å². The van der Waals surface area contributed by atoms with Crippen LogP contribution in [0.5, 0.6) is 5.75 Å². The second-order valence-corrected chi connectivity index (χ2v) is 7.91. The van der Waals surface area contributed by atoms with Crippen LogP contribution in [0.25, 0.3) is 34.0 Å². The zero-order chi connectivity index (χ0) is 25.1. The van der Waals surface area contributed by atoms with Gasteiger partial charge in [-0.3, -0.25) is 4.79 Å². The Kier molecular flexibility index (Phi) is 6.59. The van der Waals surface area contributed by atoms with Crippen molar-refractivity contribution in [2.45, 2.75) is 20.3 Å². The van der Waals surface area contributed by atoms with Crippen molar-refractivity contribution in [2.75, 3.05) is 6.61 Å². The van der Waals surface area contributed by atoms with E-state index in [4.69, 9.17) is 14.4 Å². The second kappa shape index (κ2) is 9.76. The predicted molar refractivity (Wildman–Crippen MR) is 125 cm³/mol. The molecule has 0 radical (unpaired) electrons. The Morgan fingerprint density at radius 1 is 1.00 bits per heavy atom. The van der Waals surface area contributed by atoms with E-state index in [0.717, 1.165) is 22.8 Å². The highest BCUT2D eigenvalue weighted by molar-refractivity contribution is 5.86. The highest BCUT2D eigenvalue weighted by Crippen LogP contribution is 2.38. The van der Waals surface area contributed by atoms with Gasteiger partial charge in [-0.05, 0) is 59.9 Å². The molecule has 8 nitrogen and oxygen atoms in total. The van der Waals surface area contributed by atoms with Crippen molar-refractivity contribution in [1.29, 1.82) is 0 Å². The zero-order valence-electron chi connectivity index (χ0n) is 18.9. The molecule has 0 amide bonds. The number of carboxylic acids is 2. The smallest absolute Gasteiger partial charge is 0.341 e. The van der Waals surface area contributed by atoms with Gasteiger partial charge in [0.25, 0.3) is 5.89 Å². The molecule has 0 saturated carbocycles. The van der Waals surface area contributed by atoms with Crippen LogP contribution in [0.3, 0.4) is 0 Å². The molecule has 1 aromatic heterocycles. The monoisotopic (exact) mass is 476 g/mol. The molecule has 0 aliphatic carbocycles. The van der Waals surface area contributed by atoms with Crippen molar-refractivity contribution >= 4 is 11.9 Å². The van der Waals surface area contributed by atoms with Gasteiger partial charge >= 0.3 is 11.9 Å². The van der Waals surface area contributed by atoms with Crippen molar-refractivity contribution in [3.05, 3.63) is 77.1 Å². The Morgan fingerprint density at radius 2 is 1.74 bits per heavy atom. The van der Waals surface area contributed by atoms with E-state index in [1.54, 1.807) is 0 Å². The summed E-state index contributed by atoms with van der Waals surface area (Å²) in [5.74, 6) is -2.88. The number of halogens is 1. The Morgan fingerprint density at radius 3 is 2.40 bits per heavy atom. The van der Waals surface area contributed by atoms with Gasteiger partial charge in [-0.25, -0.2) is 9.18 Å². The molecule has 9 heteroatoms. The molecule has 35 heavy (non-hydrogen) atoms. The second-order valence-electron chi connectivity index (χ2n) is 7.91. The lowest BCUT2D eigenvalue weighted by Gasteiger charge is -2.16. The van der Waals surface area contributed by atoms with Crippen molar-refractivity contribution in [3.63, 3.8) is 0 Å². The van der Waals surface area contributed by atoms with Crippen LogP contribution in [0.4, 0.5) is 4.39 Å². The largest absolute Gasteiger partial charge is 0.481 e. The van der Waals surface area contributed by atoms with Crippen LogP contribution >= 0.6 is 0 Å². The Hall–Kier alpha value is -4.53. The summed E-state index contributed by atoms with van der Waals surface area (Å²) < 4.78 is 24.9. The first-order valence-corrected chi connectivity index (χ1v) is 10.6. The Labute approximate surface area is 199 Å². The average Bonchev–Trinajstić information content (AvgIpc) is 3.30. The molecule has 0 spiro atoms. The van der Waals surface area contributed by atoms with Crippen LogP contribution in [-0.2, 0) is 16.0 Å². The quantitative estimate of drug-likeness (QED) is 0.368. The molecule has 3 aromatic carbocycles. The van der Waals surface area contributed by atoms with Gasteiger partial charge in [0.15, 0.2) is 18.2 Å². The van der Waals surface area contributed by atoms with Crippen molar-refractivity contribution < 1.29 is 33.5 Å². The minimum Gasteiger partial charge on any atom is -0.481 e. The van der Waals surface area contributed by atoms with Crippen LogP contribution < -0.4 is 4.74 Å². The lowest BCUT2D eigenvalue weighted by Crippen LogP contribution is -2.10. The van der Waals surface area contributed by atoms with E-state index >= 15 is 0 Å². The molecule has 0 saturated heterocycles. The van der Waals surface area contributed by atoms with E-state index in [2.05, 4.69) is 10.1 Å². The molecule has 1 heterocycles. The maximum atomic E-state index is 14.4. The van der Waals surface area contributed by atoms with E-state index in [-0.39, 0.29) is 23.9 Å². The third kappa shape index (κ3) is 5.03. The Bertz CT molecular complexity index is 1420. The molecule has 2 N–H and O–H groups in total. The molecular weight excluding hydrogens is 455 g/mol. The zero-order valence-corrected chi connectivity index (χ0v) is 18.9. The molecule has 0 aliphatic rings. The van der Waals surface area contributed by atoms with Crippen molar-refractivity contribution in [3.8, 4) is 39.7 Å².